The van der Waals surface area contributed by atoms with Crippen LogP contribution in [0.25, 0.3) is 0 Å². The molecule has 0 saturated carbocycles. The first-order valence-corrected chi connectivity index (χ1v) is 5.22. The van der Waals surface area contributed by atoms with Crippen molar-refractivity contribution in [3.05, 3.63) is 12.0 Å². The summed E-state index contributed by atoms with van der Waals surface area (Å²) in [6, 6.07) is 0.356. The Hall–Kier alpha value is -1.56. The van der Waals surface area contributed by atoms with Crippen LogP contribution in [0.2, 0.25) is 0 Å². The van der Waals surface area contributed by atoms with E-state index in [-0.39, 0.29) is 11.8 Å². The average molecular weight is 226 g/mol. The smallest absolute Gasteiger partial charge is 0.357 e. The highest BCUT2D eigenvalue weighted by Crippen LogP contribution is 2.17. The van der Waals surface area contributed by atoms with Gasteiger partial charge in [0.15, 0.2) is 5.69 Å². The van der Waals surface area contributed by atoms with Gasteiger partial charge in [0, 0.05) is 19.7 Å². The summed E-state index contributed by atoms with van der Waals surface area (Å²) in [5.41, 5.74) is -0.0622. The Kier molecular flexibility index (Phi) is 3.09. The minimum Gasteiger partial charge on any atom is -0.476 e. The number of ether oxygens (including phenoxy) is 1. The van der Waals surface area contributed by atoms with E-state index in [1.165, 1.54) is 0 Å². The molecule has 2 rings (SSSR count). The number of nitrogens with zero attached hydrogens (tertiary/aromatic N) is 2. The quantitative estimate of drug-likeness (QED) is 0.810. The standard InChI is InChI=1S/C10H14N2O4/c1-7-5-12(3-2-4-15-7)10-11-8(6-16-10)9(13)14/h6-7H,2-5H2,1H3,(H,13,14). The van der Waals surface area contributed by atoms with Gasteiger partial charge in [-0.3, -0.25) is 0 Å². The highest BCUT2D eigenvalue weighted by molar-refractivity contribution is 5.85. The second-order valence-corrected chi connectivity index (χ2v) is 3.80. The topological polar surface area (TPSA) is 75.8 Å². The molecule has 1 aliphatic rings. The first-order chi connectivity index (χ1) is 7.66. The summed E-state index contributed by atoms with van der Waals surface area (Å²) in [6.45, 7) is 4.12. The molecule has 1 N–H and O–H groups in total. The van der Waals surface area contributed by atoms with Crippen LogP contribution in [0.3, 0.4) is 0 Å². The Labute approximate surface area is 92.8 Å². The monoisotopic (exact) mass is 226 g/mol. The van der Waals surface area contributed by atoms with Crippen LogP contribution < -0.4 is 4.90 Å². The highest BCUT2D eigenvalue weighted by Gasteiger charge is 2.20. The fourth-order valence-corrected chi connectivity index (χ4v) is 1.68. The van der Waals surface area contributed by atoms with Crippen molar-refractivity contribution in [1.29, 1.82) is 0 Å². The number of oxazole rings is 1. The molecular weight excluding hydrogens is 212 g/mol. The van der Waals surface area contributed by atoms with Gasteiger partial charge in [0.1, 0.15) is 6.26 Å². The van der Waals surface area contributed by atoms with Gasteiger partial charge in [-0.15, -0.1) is 0 Å². The highest BCUT2D eigenvalue weighted by atomic mass is 16.5. The SMILES string of the molecule is CC1CN(c2nc(C(=O)O)co2)CCCO1. The molecule has 1 saturated heterocycles. The van der Waals surface area contributed by atoms with Gasteiger partial charge in [0.05, 0.1) is 6.10 Å². The third kappa shape index (κ3) is 2.33. The van der Waals surface area contributed by atoms with E-state index in [1.54, 1.807) is 0 Å². The molecule has 6 heteroatoms. The molecule has 88 valence electrons. The molecule has 1 fully saturated rings. The maximum atomic E-state index is 10.7. The summed E-state index contributed by atoms with van der Waals surface area (Å²) in [5.74, 6) is -1.07. The second kappa shape index (κ2) is 4.52. The Balaban J connectivity index is 2.12. The van der Waals surface area contributed by atoms with Gasteiger partial charge >= 0.3 is 5.97 Å². The van der Waals surface area contributed by atoms with E-state index in [4.69, 9.17) is 14.3 Å². The third-order valence-electron chi connectivity index (χ3n) is 2.43. The van der Waals surface area contributed by atoms with Crippen molar-refractivity contribution in [2.24, 2.45) is 0 Å². The van der Waals surface area contributed by atoms with Crippen molar-refractivity contribution in [2.75, 3.05) is 24.6 Å². The minimum absolute atomic E-state index is 0.0622. The van der Waals surface area contributed by atoms with Gasteiger partial charge in [-0.25, -0.2) is 4.79 Å². The van der Waals surface area contributed by atoms with E-state index < -0.39 is 5.97 Å². The number of hydrogen-bond acceptors (Lipinski definition) is 5. The van der Waals surface area contributed by atoms with Gasteiger partial charge in [0.25, 0.3) is 6.01 Å². The fourth-order valence-electron chi connectivity index (χ4n) is 1.68. The number of carbonyl (C=O) groups is 1. The molecule has 1 aromatic rings. The summed E-state index contributed by atoms with van der Waals surface area (Å²) in [7, 11) is 0. The van der Waals surface area contributed by atoms with Crippen molar-refractivity contribution in [2.45, 2.75) is 19.4 Å². The maximum Gasteiger partial charge on any atom is 0.357 e. The Morgan fingerprint density at radius 3 is 3.19 bits per heavy atom. The van der Waals surface area contributed by atoms with E-state index in [0.29, 0.717) is 19.2 Å². The van der Waals surface area contributed by atoms with Gasteiger partial charge in [-0.1, -0.05) is 0 Å². The van der Waals surface area contributed by atoms with Crippen molar-refractivity contribution in [3.8, 4) is 0 Å². The van der Waals surface area contributed by atoms with Gasteiger partial charge in [-0.2, -0.15) is 4.98 Å². The Bertz CT molecular complexity index is 377. The fraction of sp³-hybridized carbons (Fsp3) is 0.600. The minimum atomic E-state index is -1.07. The number of aromatic nitrogens is 1. The lowest BCUT2D eigenvalue weighted by molar-refractivity contribution is 0.0690. The lowest BCUT2D eigenvalue weighted by Crippen LogP contribution is -2.30. The van der Waals surface area contributed by atoms with Crippen LogP contribution in [0, 0.1) is 0 Å². The molecular formula is C10H14N2O4. The molecule has 1 unspecified atom stereocenters. The molecule has 2 heterocycles. The van der Waals surface area contributed by atoms with Crippen molar-refractivity contribution in [1.82, 2.24) is 4.98 Å². The normalized spacial score (nSPS) is 21.8. The molecule has 1 aromatic heterocycles. The summed E-state index contributed by atoms with van der Waals surface area (Å²) in [4.78, 5) is 16.5. The Morgan fingerprint density at radius 2 is 2.50 bits per heavy atom. The summed E-state index contributed by atoms with van der Waals surface area (Å²) >= 11 is 0. The van der Waals surface area contributed by atoms with Crippen LogP contribution >= 0.6 is 0 Å². The van der Waals surface area contributed by atoms with Crippen molar-refractivity contribution >= 4 is 12.0 Å². The molecule has 0 amide bonds. The summed E-state index contributed by atoms with van der Waals surface area (Å²) < 4.78 is 10.6. The number of anilines is 1. The Morgan fingerprint density at radius 1 is 1.69 bits per heavy atom. The second-order valence-electron chi connectivity index (χ2n) is 3.80. The first kappa shape index (κ1) is 10.9. The lowest BCUT2D eigenvalue weighted by atomic mass is 10.3. The molecule has 16 heavy (non-hydrogen) atoms. The van der Waals surface area contributed by atoms with Crippen molar-refractivity contribution in [3.63, 3.8) is 0 Å². The average Bonchev–Trinajstić information content (AvgIpc) is 2.63. The zero-order valence-electron chi connectivity index (χ0n) is 9.05. The number of carboxylic acids is 1. The lowest BCUT2D eigenvalue weighted by Gasteiger charge is -2.19. The number of carboxylic acid groups (broad SMARTS) is 1. The molecule has 1 aliphatic heterocycles. The maximum absolute atomic E-state index is 10.7. The van der Waals surface area contributed by atoms with Crippen molar-refractivity contribution < 1.29 is 19.1 Å². The van der Waals surface area contributed by atoms with Crippen LogP contribution in [0.15, 0.2) is 10.7 Å². The first-order valence-electron chi connectivity index (χ1n) is 5.22. The zero-order chi connectivity index (χ0) is 11.5. The van der Waals surface area contributed by atoms with E-state index >= 15 is 0 Å². The number of hydrogen-bond donors (Lipinski definition) is 1. The molecule has 0 aliphatic carbocycles. The third-order valence-corrected chi connectivity index (χ3v) is 2.43. The van der Waals surface area contributed by atoms with Gasteiger partial charge < -0.3 is 19.2 Å². The van der Waals surface area contributed by atoms with Crippen LogP contribution in [0.4, 0.5) is 6.01 Å². The van der Waals surface area contributed by atoms with Crippen LogP contribution in [-0.4, -0.2) is 41.9 Å². The molecule has 0 bridgehead atoms. The van der Waals surface area contributed by atoms with E-state index in [1.807, 2.05) is 11.8 Å². The number of aromatic carboxylic acids is 1. The molecule has 0 aromatic carbocycles. The molecule has 6 nitrogen and oxygen atoms in total. The predicted molar refractivity (Wildman–Crippen MR) is 55.7 cm³/mol. The largest absolute Gasteiger partial charge is 0.476 e. The van der Waals surface area contributed by atoms with E-state index in [0.717, 1.165) is 19.2 Å². The van der Waals surface area contributed by atoms with Gasteiger partial charge in [0.2, 0.25) is 0 Å². The van der Waals surface area contributed by atoms with Crippen LogP contribution in [-0.2, 0) is 4.74 Å². The summed E-state index contributed by atoms with van der Waals surface area (Å²) in [5, 5.41) is 8.74. The van der Waals surface area contributed by atoms with Crippen LogP contribution in [0.1, 0.15) is 23.8 Å². The van der Waals surface area contributed by atoms with E-state index in [9.17, 15) is 4.79 Å². The van der Waals surface area contributed by atoms with E-state index in [2.05, 4.69) is 4.98 Å². The van der Waals surface area contributed by atoms with Crippen LogP contribution in [0.5, 0.6) is 0 Å². The molecule has 1 atom stereocenters. The summed E-state index contributed by atoms with van der Waals surface area (Å²) in [6.07, 6.45) is 2.14. The zero-order valence-corrected chi connectivity index (χ0v) is 9.05. The molecule has 0 spiro atoms. The number of rotatable bonds is 2. The van der Waals surface area contributed by atoms with Gasteiger partial charge in [-0.05, 0) is 13.3 Å². The molecule has 0 radical (unpaired) electrons. The predicted octanol–water partition coefficient (Wildman–Crippen LogP) is 0.988.